The number of hydrogen-bond acceptors (Lipinski definition) is 5. The number of nitrogens with two attached hydrogens (primary N) is 1. The van der Waals surface area contributed by atoms with Gasteiger partial charge in [-0.3, -0.25) is 0 Å². The number of ether oxygens (including phenoxy) is 1. The Morgan fingerprint density at radius 1 is 1.24 bits per heavy atom. The summed E-state index contributed by atoms with van der Waals surface area (Å²) in [5, 5.41) is 6.47. The summed E-state index contributed by atoms with van der Waals surface area (Å²) in [6, 6.07) is 13.9. The van der Waals surface area contributed by atoms with Crippen LogP contribution in [0.5, 0.6) is 5.75 Å². The fourth-order valence-corrected chi connectivity index (χ4v) is 2.53. The van der Waals surface area contributed by atoms with Crippen molar-refractivity contribution in [3.8, 4) is 5.75 Å². The van der Waals surface area contributed by atoms with Gasteiger partial charge < -0.3 is 21.1 Å². The summed E-state index contributed by atoms with van der Waals surface area (Å²) in [6.45, 7) is 8.03. The predicted molar refractivity (Wildman–Crippen MR) is 106 cm³/mol. The summed E-state index contributed by atoms with van der Waals surface area (Å²) in [7, 11) is 3.51. The van der Waals surface area contributed by atoms with Crippen LogP contribution in [-0.4, -0.2) is 19.9 Å². The fourth-order valence-electron chi connectivity index (χ4n) is 2.53. The highest BCUT2D eigenvalue weighted by Crippen LogP contribution is 2.23. The number of aliphatic imine (C=N–C) groups is 1. The second-order valence-corrected chi connectivity index (χ2v) is 5.84. The van der Waals surface area contributed by atoms with Gasteiger partial charge in [-0.05, 0) is 49.2 Å². The molecule has 0 aromatic heterocycles. The van der Waals surface area contributed by atoms with E-state index in [2.05, 4.69) is 41.3 Å². The van der Waals surface area contributed by atoms with Gasteiger partial charge in [-0.2, -0.15) is 0 Å². The molecule has 0 spiro atoms. The van der Waals surface area contributed by atoms with Crippen LogP contribution in [-0.2, 0) is 0 Å². The first kappa shape index (κ1) is 18.4. The second-order valence-electron chi connectivity index (χ2n) is 5.84. The zero-order valence-electron chi connectivity index (χ0n) is 15.3. The van der Waals surface area contributed by atoms with E-state index in [-0.39, 0.29) is 6.04 Å². The summed E-state index contributed by atoms with van der Waals surface area (Å²) in [6.07, 6.45) is 0. The Hall–Kier alpha value is -2.95. The van der Waals surface area contributed by atoms with Crippen LogP contribution in [0.25, 0.3) is 0 Å². The number of rotatable bonds is 7. The first-order valence-corrected chi connectivity index (χ1v) is 8.17. The molecule has 1 atom stereocenters. The number of nitrogen functional groups attached to an aromatic ring is 1. The number of nitrogens with zero attached hydrogens (tertiary/aromatic N) is 1. The molecule has 0 saturated carbocycles. The fraction of sp³-hybridized carbons (Fsp3) is 0.250. The monoisotopic (exact) mass is 338 g/mol. The second kappa shape index (κ2) is 8.24. The van der Waals surface area contributed by atoms with Gasteiger partial charge in [0.05, 0.1) is 12.8 Å². The van der Waals surface area contributed by atoms with Crippen LogP contribution in [0.4, 0.5) is 11.4 Å². The molecule has 2 rings (SSSR count). The lowest BCUT2D eigenvalue weighted by Gasteiger charge is -2.17. The molecule has 132 valence electrons. The normalized spacial score (nSPS) is 12.4. The van der Waals surface area contributed by atoms with E-state index in [0.29, 0.717) is 17.3 Å². The van der Waals surface area contributed by atoms with Crippen molar-refractivity contribution < 1.29 is 4.74 Å². The zero-order chi connectivity index (χ0) is 18.4. The number of methoxy groups -OCH3 is 1. The Labute approximate surface area is 149 Å². The van der Waals surface area contributed by atoms with Gasteiger partial charge in [-0.1, -0.05) is 24.8 Å². The minimum atomic E-state index is 0.0957. The van der Waals surface area contributed by atoms with Crippen molar-refractivity contribution >= 4 is 17.1 Å². The lowest BCUT2D eigenvalue weighted by Crippen LogP contribution is -2.17. The van der Waals surface area contributed by atoms with Crippen LogP contribution in [0.15, 0.2) is 59.9 Å². The third-order valence-corrected chi connectivity index (χ3v) is 4.01. The van der Waals surface area contributed by atoms with Crippen LogP contribution >= 0.6 is 0 Å². The molecule has 2 aromatic carbocycles. The topological polar surface area (TPSA) is 71.7 Å². The third-order valence-electron chi connectivity index (χ3n) is 4.01. The molecule has 0 bridgehead atoms. The summed E-state index contributed by atoms with van der Waals surface area (Å²) in [4.78, 5) is 4.56. The maximum Gasteiger partial charge on any atom is 0.142 e. The standard InChI is InChI=1S/C20H26N4O/c1-13(16-7-6-8-18(11-16)22-4)23-15(3)24-14(2)17-9-10-19(21)20(12-17)25-5/h6-13,22-23H,3,21H2,1-2,4-5H3. The van der Waals surface area contributed by atoms with Crippen LogP contribution in [0, 0.1) is 0 Å². The molecule has 0 amide bonds. The van der Waals surface area contributed by atoms with Gasteiger partial charge in [0.25, 0.3) is 0 Å². The van der Waals surface area contributed by atoms with Gasteiger partial charge in [0.1, 0.15) is 11.6 Å². The Kier molecular flexibility index (Phi) is 6.06. The molecule has 5 nitrogen and oxygen atoms in total. The van der Waals surface area contributed by atoms with E-state index >= 15 is 0 Å². The first-order chi connectivity index (χ1) is 11.9. The van der Waals surface area contributed by atoms with Crippen LogP contribution in [0.2, 0.25) is 0 Å². The predicted octanol–water partition coefficient (Wildman–Crippen LogP) is 3.95. The molecule has 0 radical (unpaired) electrons. The van der Waals surface area contributed by atoms with E-state index in [9.17, 15) is 0 Å². The van der Waals surface area contributed by atoms with E-state index < -0.39 is 0 Å². The zero-order valence-corrected chi connectivity index (χ0v) is 15.3. The van der Waals surface area contributed by atoms with E-state index in [4.69, 9.17) is 10.5 Å². The quantitative estimate of drug-likeness (QED) is 0.528. The van der Waals surface area contributed by atoms with Crippen molar-refractivity contribution in [2.24, 2.45) is 4.99 Å². The van der Waals surface area contributed by atoms with E-state index in [0.717, 1.165) is 22.5 Å². The van der Waals surface area contributed by atoms with E-state index in [1.807, 2.05) is 44.3 Å². The number of anilines is 2. The largest absolute Gasteiger partial charge is 0.495 e. The molecule has 0 aliphatic carbocycles. The van der Waals surface area contributed by atoms with Gasteiger partial charge in [-0.15, -0.1) is 0 Å². The lowest BCUT2D eigenvalue weighted by molar-refractivity contribution is 0.417. The minimum Gasteiger partial charge on any atom is -0.495 e. The van der Waals surface area contributed by atoms with Crippen molar-refractivity contribution in [3.05, 3.63) is 66.0 Å². The average Bonchev–Trinajstić information content (AvgIpc) is 2.61. The Balaban J connectivity index is 2.10. The molecule has 0 fully saturated rings. The molecule has 0 aliphatic rings. The highest BCUT2D eigenvalue weighted by atomic mass is 16.5. The molecule has 25 heavy (non-hydrogen) atoms. The Morgan fingerprint density at radius 2 is 2.00 bits per heavy atom. The van der Waals surface area contributed by atoms with E-state index in [1.165, 1.54) is 0 Å². The van der Waals surface area contributed by atoms with Gasteiger partial charge in [0.15, 0.2) is 0 Å². The molecule has 2 aromatic rings. The van der Waals surface area contributed by atoms with Gasteiger partial charge in [0, 0.05) is 24.5 Å². The van der Waals surface area contributed by atoms with Gasteiger partial charge in [0.2, 0.25) is 0 Å². The Bertz CT molecular complexity index is 783. The molecule has 5 heteroatoms. The first-order valence-electron chi connectivity index (χ1n) is 8.17. The number of benzene rings is 2. The van der Waals surface area contributed by atoms with Crippen LogP contribution < -0.4 is 21.1 Å². The highest BCUT2D eigenvalue weighted by Gasteiger charge is 2.08. The van der Waals surface area contributed by atoms with Crippen molar-refractivity contribution in [1.29, 1.82) is 0 Å². The summed E-state index contributed by atoms with van der Waals surface area (Å²) in [5.41, 5.74) is 10.5. The lowest BCUT2D eigenvalue weighted by atomic mass is 10.1. The molecule has 1 unspecified atom stereocenters. The molecule has 0 aliphatic heterocycles. The average molecular weight is 338 g/mol. The molecule has 4 N–H and O–H groups in total. The van der Waals surface area contributed by atoms with Crippen LogP contribution in [0.3, 0.4) is 0 Å². The van der Waals surface area contributed by atoms with Crippen molar-refractivity contribution in [2.45, 2.75) is 19.9 Å². The van der Waals surface area contributed by atoms with Crippen molar-refractivity contribution in [3.63, 3.8) is 0 Å². The summed E-state index contributed by atoms with van der Waals surface area (Å²) >= 11 is 0. The van der Waals surface area contributed by atoms with Crippen molar-refractivity contribution in [2.75, 3.05) is 25.2 Å². The number of hydrogen-bond donors (Lipinski definition) is 3. The molecular formula is C20H26N4O. The third kappa shape index (κ3) is 4.76. The number of nitrogens with one attached hydrogen (secondary N) is 2. The summed E-state index contributed by atoms with van der Waals surface area (Å²) in [5.74, 6) is 1.25. The Morgan fingerprint density at radius 3 is 2.68 bits per heavy atom. The summed E-state index contributed by atoms with van der Waals surface area (Å²) < 4.78 is 5.26. The smallest absolute Gasteiger partial charge is 0.142 e. The van der Waals surface area contributed by atoms with Gasteiger partial charge in [-0.25, -0.2) is 4.99 Å². The van der Waals surface area contributed by atoms with Crippen LogP contribution in [0.1, 0.15) is 31.0 Å². The maximum atomic E-state index is 5.86. The maximum absolute atomic E-state index is 5.86. The highest BCUT2D eigenvalue weighted by molar-refractivity contribution is 6.00. The molecule has 0 heterocycles. The molecular weight excluding hydrogens is 312 g/mol. The SMILES string of the molecule is C=C(N=C(C)c1ccc(N)c(OC)c1)NC(C)c1cccc(NC)c1. The minimum absolute atomic E-state index is 0.0957. The van der Waals surface area contributed by atoms with Gasteiger partial charge >= 0.3 is 0 Å². The van der Waals surface area contributed by atoms with E-state index in [1.54, 1.807) is 7.11 Å². The van der Waals surface area contributed by atoms with Crippen molar-refractivity contribution in [1.82, 2.24) is 5.32 Å². The molecule has 0 saturated heterocycles.